The van der Waals surface area contributed by atoms with Gasteiger partial charge < -0.3 is 9.47 Å². The Morgan fingerprint density at radius 3 is 2.11 bits per heavy atom. The third-order valence-corrected chi connectivity index (χ3v) is 8.53. The molecule has 1 aliphatic rings. The predicted octanol–water partition coefficient (Wildman–Crippen LogP) is 6.09. The molecule has 0 saturated heterocycles. The summed E-state index contributed by atoms with van der Waals surface area (Å²) in [5.41, 5.74) is -4.87. The van der Waals surface area contributed by atoms with E-state index in [4.69, 9.17) is 9.47 Å². The fourth-order valence-electron chi connectivity index (χ4n) is 3.74. The second-order valence-electron chi connectivity index (χ2n) is 11.0. The SMILES string of the molecule is C=CC[C@@]1(C)C(N(C(=O)OC(C)(C)C)C(=O)OC(C)(C)C)=N[C@@](CF)(c2cc(Br)ccc2F)CS1(=O)=O. The van der Waals surface area contributed by atoms with Crippen molar-refractivity contribution in [3.05, 3.63) is 46.7 Å². The summed E-state index contributed by atoms with van der Waals surface area (Å²) in [6.45, 7) is 12.7. The predicted molar refractivity (Wildman–Crippen MR) is 141 cm³/mol. The summed E-state index contributed by atoms with van der Waals surface area (Å²) >= 11 is 3.19. The lowest BCUT2D eigenvalue weighted by Crippen LogP contribution is -2.63. The molecule has 2 amide bonds. The molecule has 206 valence electrons. The van der Waals surface area contributed by atoms with Crippen LogP contribution in [0.15, 0.2) is 40.3 Å². The highest BCUT2D eigenvalue weighted by molar-refractivity contribution is 9.10. The molecule has 0 bridgehead atoms. The number of ether oxygens (including phenoxy) is 2. The minimum atomic E-state index is -4.41. The summed E-state index contributed by atoms with van der Waals surface area (Å²) in [6.07, 6.45) is -1.58. The van der Waals surface area contributed by atoms with Crippen LogP contribution in [0.5, 0.6) is 0 Å². The molecular formula is C25H33BrF2N2O6S. The van der Waals surface area contributed by atoms with Crippen molar-refractivity contribution in [2.24, 2.45) is 4.99 Å². The molecule has 1 aromatic rings. The van der Waals surface area contributed by atoms with Crippen LogP contribution < -0.4 is 0 Å². The Kier molecular flexibility index (Phi) is 8.71. The molecule has 8 nitrogen and oxygen atoms in total. The number of rotatable bonds is 4. The summed E-state index contributed by atoms with van der Waals surface area (Å²) in [5, 5.41) is 0. The van der Waals surface area contributed by atoms with Crippen molar-refractivity contribution in [1.82, 2.24) is 4.90 Å². The number of carbonyl (C=O) groups excluding carboxylic acids is 2. The Bertz CT molecular complexity index is 1190. The highest BCUT2D eigenvalue weighted by Gasteiger charge is 2.58. The number of amides is 2. The Labute approximate surface area is 225 Å². The number of allylic oxidation sites excluding steroid dienone is 1. The van der Waals surface area contributed by atoms with Gasteiger partial charge in [0, 0.05) is 10.0 Å². The van der Waals surface area contributed by atoms with Gasteiger partial charge in [-0.1, -0.05) is 22.0 Å². The van der Waals surface area contributed by atoms with Crippen LogP contribution >= 0.6 is 15.9 Å². The molecule has 0 aromatic heterocycles. The molecule has 0 aliphatic carbocycles. The van der Waals surface area contributed by atoms with Gasteiger partial charge in [-0.2, -0.15) is 4.90 Å². The standard InChI is InChI=1S/C25H33BrF2N2O6S/c1-9-12-24(8)19(30(20(31)35-22(2,3)4)21(32)36-23(5,6)7)29-25(14-27,15-37(24,33)34)17-13-16(26)10-11-18(17)28/h9-11,13H,1,12,14-15H2,2-8H3/t24-,25+/m0/s1. The van der Waals surface area contributed by atoms with E-state index in [0.717, 1.165) is 6.07 Å². The van der Waals surface area contributed by atoms with Gasteiger partial charge in [0.15, 0.2) is 9.84 Å². The minimum absolute atomic E-state index is 0.292. The van der Waals surface area contributed by atoms with Gasteiger partial charge in [-0.05, 0) is 73.1 Å². The molecule has 0 radical (unpaired) electrons. The Morgan fingerprint density at radius 1 is 1.16 bits per heavy atom. The van der Waals surface area contributed by atoms with E-state index in [0.29, 0.717) is 9.37 Å². The average Bonchev–Trinajstić information content (AvgIpc) is 2.70. The number of amidine groups is 1. The number of halogens is 3. The third kappa shape index (κ3) is 6.57. The largest absolute Gasteiger partial charge is 0.443 e. The van der Waals surface area contributed by atoms with Crippen LogP contribution in [0.25, 0.3) is 0 Å². The normalized spacial score (nSPS) is 23.6. The number of carbonyl (C=O) groups is 2. The minimum Gasteiger partial charge on any atom is -0.443 e. The zero-order chi connectivity index (χ0) is 28.6. The van der Waals surface area contributed by atoms with Crippen molar-refractivity contribution in [3.8, 4) is 0 Å². The first-order chi connectivity index (χ1) is 16.7. The van der Waals surface area contributed by atoms with E-state index in [1.165, 1.54) is 25.1 Å². The first-order valence-electron chi connectivity index (χ1n) is 11.4. The highest BCUT2D eigenvalue weighted by atomic mass is 79.9. The van der Waals surface area contributed by atoms with E-state index in [1.54, 1.807) is 41.5 Å². The van der Waals surface area contributed by atoms with E-state index in [-0.39, 0.29) is 12.0 Å². The smallest absolute Gasteiger partial charge is 0.425 e. The van der Waals surface area contributed by atoms with Crippen LogP contribution in [0, 0.1) is 5.82 Å². The Hall–Kier alpha value is -2.34. The van der Waals surface area contributed by atoms with Crippen molar-refractivity contribution >= 4 is 43.8 Å². The van der Waals surface area contributed by atoms with Gasteiger partial charge >= 0.3 is 12.2 Å². The molecule has 2 atom stereocenters. The van der Waals surface area contributed by atoms with Gasteiger partial charge in [0.05, 0.1) is 5.75 Å². The van der Waals surface area contributed by atoms with Crippen molar-refractivity contribution in [1.29, 1.82) is 0 Å². The molecule has 0 saturated carbocycles. The summed E-state index contributed by atoms with van der Waals surface area (Å²) < 4.78 is 66.6. The van der Waals surface area contributed by atoms with Gasteiger partial charge in [0.25, 0.3) is 0 Å². The molecule has 0 spiro atoms. The number of hydrogen-bond donors (Lipinski definition) is 0. The average molecular weight is 608 g/mol. The zero-order valence-electron chi connectivity index (χ0n) is 22.0. The first-order valence-corrected chi connectivity index (χ1v) is 13.9. The van der Waals surface area contributed by atoms with E-state index < -0.39 is 67.6 Å². The van der Waals surface area contributed by atoms with E-state index in [2.05, 4.69) is 27.5 Å². The van der Waals surface area contributed by atoms with Crippen LogP contribution in [0.4, 0.5) is 18.4 Å². The number of sulfone groups is 1. The highest BCUT2D eigenvalue weighted by Crippen LogP contribution is 2.43. The van der Waals surface area contributed by atoms with Gasteiger partial charge in [-0.3, -0.25) is 4.99 Å². The summed E-state index contributed by atoms with van der Waals surface area (Å²) in [7, 11) is -4.41. The molecule has 12 heteroatoms. The number of hydrogen-bond acceptors (Lipinski definition) is 7. The maximum Gasteiger partial charge on any atom is 0.425 e. The number of alkyl halides is 1. The van der Waals surface area contributed by atoms with Gasteiger partial charge in [0.2, 0.25) is 0 Å². The van der Waals surface area contributed by atoms with E-state index >= 15 is 4.39 Å². The monoisotopic (exact) mass is 606 g/mol. The molecular weight excluding hydrogens is 574 g/mol. The van der Waals surface area contributed by atoms with Gasteiger partial charge in [-0.15, -0.1) is 6.58 Å². The lowest BCUT2D eigenvalue weighted by Gasteiger charge is -2.43. The molecule has 37 heavy (non-hydrogen) atoms. The van der Waals surface area contributed by atoms with Crippen LogP contribution in [-0.2, 0) is 24.8 Å². The fourth-order valence-corrected chi connectivity index (χ4v) is 6.13. The fraction of sp³-hybridized carbons (Fsp3) is 0.560. The Balaban J connectivity index is 2.99. The Morgan fingerprint density at radius 2 is 1.68 bits per heavy atom. The lowest BCUT2D eigenvalue weighted by atomic mass is 9.91. The van der Waals surface area contributed by atoms with Crippen molar-refractivity contribution in [2.75, 3.05) is 12.4 Å². The summed E-state index contributed by atoms with van der Waals surface area (Å²) in [6, 6.07) is 3.62. The second-order valence-corrected chi connectivity index (χ2v) is 14.3. The summed E-state index contributed by atoms with van der Waals surface area (Å²) in [5.74, 6) is -2.49. The maximum atomic E-state index is 15.0. The van der Waals surface area contributed by atoms with Crippen molar-refractivity contribution in [3.63, 3.8) is 0 Å². The number of benzene rings is 1. The number of aliphatic imine (C=N–C) groups is 1. The quantitative estimate of drug-likeness (QED) is 0.384. The van der Waals surface area contributed by atoms with E-state index in [1.807, 2.05) is 0 Å². The van der Waals surface area contributed by atoms with Crippen LogP contribution in [0.2, 0.25) is 0 Å². The molecule has 1 aromatic carbocycles. The molecule has 1 aliphatic heterocycles. The van der Waals surface area contributed by atoms with Crippen LogP contribution in [0.1, 0.15) is 60.5 Å². The van der Waals surface area contributed by atoms with Crippen molar-refractivity contribution in [2.45, 2.75) is 76.4 Å². The maximum absolute atomic E-state index is 15.0. The summed E-state index contributed by atoms with van der Waals surface area (Å²) in [4.78, 5) is 31.5. The van der Waals surface area contributed by atoms with Crippen LogP contribution in [0.3, 0.4) is 0 Å². The molecule has 0 fully saturated rings. The van der Waals surface area contributed by atoms with Gasteiger partial charge in [0.1, 0.15) is 39.8 Å². The number of imide groups is 1. The first kappa shape index (κ1) is 30.9. The molecule has 2 rings (SSSR count). The molecule has 0 N–H and O–H groups in total. The second kappa shape index (κ2) is 10.4. The lowest BCUT2D eigenvalue weighted by molar-refractivity contribution is 0.0138. The van der Waals surface area contributed by atoms with Crippen LogP contribution in [-0.4, -0.2) is 59.7 Å². The zero-order valence-corrected chi connectivity index (χ0v) is 24.4. The topological polar surface area (TPSA) is 102 Å². The van der Waals surface area contributed by atoms with Crippen molar-refractivity contribution < 1.29 is 36.3 Å². The molecule has 0 unspecified atom stereocenters. The molecule has 1 heterocycles. The van der Waals surface area contributed by atoms with Gasteiger partial charge in [-0.25, -0.2) is 26.8 Å². The number of nitrogens with zero attached hydrogens (tertiary/aromatic N) is 2. The van der Waals surface area contributed by atoms with E-state index in [9.17, 15) is 22.4 Å². The third-order valence-electron chi connectivity index (χ3n) is 5.46.